The van der Waals surface area contributed by atoms with Crippen molar-refractivity contribution in [3.63, 3.8) is 0 Å². The molecule has 0 bridgehead atoms. The number of aliphatic hydroxyl groups excluding tert-OH is 3. The fourth-order valence-electron chi connectivity index (χ4n) is 9.41. The van der Waals surface area contributed by atoms with Crippen molar-refractivity contribution in [1.82, 2.24) is 5.32 Å². The van der Waals surface area contributed by atoms with Crippen LogP contribution in [0, 0.1) is 5.92 Å². The lowest BCUT2D eigenvalue weighted by Gasteiger charge is -2.43. The minimum atomic E-state index is -5.22. The quantitative estimate of drug-likeness (QED) is 0.0193. The molecule has 0 aromatic heterocycles. The average molecular weight is 948 g/mol. The van der Waals surface area contributed by atoms with Crippen LogP contribution in [0.5, 0.6) is 0 Å². The van der Waals surface area contributed by atoms with E-state index in [1.165, 1.54) is 154 Å². The number of hydrogen-bond donors (Lipinski definition) is 6. The zero-order valence-electron chi connectivity index (χ0n) is 42.0. The van der Waals surface area contributed by atoms with Gasteiger partial charge in [-0.25, -0.2) is 4.57 Å². The van der Waals surface area contributed by atoms with Crippen LogP contribution in [0.15, 0.2) is 0 Å². The summed E-state index contributed by atoms with van der Waals surface area (Å²) >= 11 is 0. The molecule has 1 aliphatic rings. The SMILES string of the molecule is CCCCCCCCCCCCCCCCCC[C@H](CCCCCCCCCCC)CC(=O)O[C@@H]1[C@H](NC(=O)C[C@H](O)CCCCCCCCCCC)[C@@H](O)O[C@H](CO)[C@H]1OP(=O)(O)O. The largest absolute Gasteiger partial charge is 0.470 e. The summed E-state index contributed by atoms with van der Waals surface area (Å²) in [6, 6.07) is -1.47. The second kappa shape index (κ2) is 41.8. The average Bonchev–Trinajstić information content (AvgIpc) is 3.26. The lowest BCUT2D eigenvalue weighted by Crippen LogP contribution is -2.65. The van der Waals surface area contributed by atoms with Gasteiger partial charge in [0.1, 0.15) is 18.2 Å². The molecule has 0 radical (unpaired) electrons. The zero-order chi connectivity index (χ0) is 47.8. The van der Waals surface area contributed by atoms with Gasteiger partial charge in [-0.1, -0.05) is 239 Å². The highest BCUT2D eigenvalue weighted by Gasteiger charge is 2.51. The van der Waals surface area contributed by atoms with E-state index in [1.54, 1.807) is 0 Å². The summed E-state index contributed by atoms with van der Waals surface area (Å²) in [6.07, 6.45) is 35.8. The lowest BCUT2D eigenvalue weighted by atomic mass is 9.91. The van der Waals surface area contributed by atoms with Gasteiger partial charge < -0.3 is 39.9 Å². The van der Waals surface area contributed by atoms with Crippen LogP contribution in [0.25, 0.3) is 0 Å². The zero-order valence-corrected chi connectivity index (χ0v) is 42.9. The van der Waals surface area contributed by atoms with Crippen molar-refractivity contribution in [1.29, 1.82) is 0 Å². The third-order valence-electron chi connectivity index (χ3n) is 13.4. The van der Waals surface area contributed by atoms with Crippen LogP contribution in [0.1, 0.15) is 271 Å². The first-order valence-corrected chi connectivity index (χ1v) is 28.8. The molecule has 6 N–H and O–H groups in total. The highest BCUT2D eigenvalue weighted by Crippen LogP contribution is 2.42. The Labute approximate surface area is 397 Å². The molecule has 1 saturated heterocycles. The number of rotatable bonds is 46. The van der Waals surface area contributed by atoms with Crippen molar-refractivity contribution >= 4 is 19.7 Å². The van der Waals surface area contributed by atoms with Gasteiger partial charge in [-0.05, 0) is 25.2 Å². The second-order valence-corrected chi connectivity index (χ2v) is 20.8. The van der Waals surface area contributed by atoms with E-state index >= 15 is 0 Å². The topological polar surface area (TPSA) is 192 Å². The highest BCUT2D eigenvalue weighted by molar-refractivity contribution is 7.46. The first-order chi connectivity index (χ1) is 31.4. The molecule has 0 aromatic carbocycles. The van der Waals surface area contributed by atoms with Gasteiger partial charge in [0.05, 0.1) is 19.1 Å². The number of unbranched alkanes of at least 4 members (excludes halogenated alkanes) is 31. The number of ether oxygens (including phenoxy) is 2. The Balaban J connectivity index is 2.82. The van der Waals surface area contributed by atoms with Gasteiger partial charge >= 0.3 is 13.8 Å². The summed E-state index contributed by atoms with van der Waals surface area (Å²) in [4.78, 5) is 46.7. The van der Waals surface area contributed by atoms with Gasteiger partial charge in [-0.3, -0.25) is 14.1 Å². The Hall–Kier alpha value is -1.11. The van der Waals surface area contributed by atoms with E-state index in [0.717, 1.165) is 77.0 Å². The van der Waals surface area contributed by atoms with Gasteiger partial charge in [0.15, 0.2) is 12.4 Å². The van der Waals surface area contributed by atoms with E-state index in [-0.39, 0.29) is 18.8 Å². The third-order valence-corrected chi connectivity index (χ3v) is 13.9. The van der Waals surface area contributed by atoms with Gasteiger partial charge in [-0.15, -0.1) is 0 Å². The maximum Gasteiger partial charge on any atom is 0.470 e. The van der Waals surface area contributed by atoms with Gasteiger partial charge in [0.25, 0.3) is 0 Å². The van der Waals surface area contributed by atoms with Crippen LogP contribution in [-0.4, -0.2) is 80.3 Å². The van der Waals surface area contributed by atoms with E-state index in [4.69, 9.17) is 14.0 Å². The number of phosphoric acid groups is 1. The summed E-state index contributed by atoms with van der Waals surface area (Å²) in [5, 5.41) is 34.4. The van der Waals surface area contributed by atoms with Crippen molar-refractivity contribution in [2.45, 2.75) is 308 Å². The summed E-state index contributed by atoms with van der Waals surface area (Å²) in [5.74, 6) is -1.25. The predicted molar refractivity (Wildman–Crippen MR) is 263 cm³/mol. The van der Waals surface area contributed by atoms with Crippen LogP contribution >= 0.6 is 7.82 Å². The molecule has 1 aliphatic heterocycles. The van der Waals surface area contributed by atoms with Crippen molar-refractivity contribution in [3.8, 4) is 0 Å². The molecule has 0 unspecified atom stereocenters. The number of esters is 1. The second-order valence-electron chi connectivity index (χ2n) is 19.6. The maximum absolute atomic E-state index is 13.8. The van der Waals surface area contributed by atoms with Crippen LogP contribution in [0.3, 0.4) is 0 Å². The monoisotopic (exact) mass is 948 g/mol. The molecule has 12 nitrogen and oxygen atoms in total. The van der Waals surface area contributed by atoms with Gasteiger partial charge in [0, 0.05) is 6.42 Å². The highest BCUT2D eigenvalue weighted by atomic mass is 31.2. The van der Waals surface area contributed by atoms with E-state index in [1.807, 2.05) is 0 Å². The summed E-state index contributed by atoms with van der Waals surface area (Å²) in [5.41, 5.74) is 0. The van der Waals surface area contributed by atoms with Crippen molar-refractivity contribution < 1.29 is 53.3 Å². The number of carbonyl (C=O) groups excluding carboxylic acids is 2. The molecular weight excluding hydrogens is 846 g/mol. The molecule has 13 heteroatoms. The molecule has 0 aromatic rings. The Morgan fingerprint density at radius 2 is 0.908 bits per heavy atom. The van der Waals surface area contributed by atoms with Crippen molar-refractivity contribution in [2.75, 3.05) is 6.61 Å². The Morgan fingerprint density at radius 3 is 1.26 bits per heavy atom. The first kappa shape index (κ1) is 61.9. The molecular formula is C52H102NO11P. The molecule has 0 spiro atoms. The van der Waals surface area contributed by atoms with Gasteiger partial charge in [0.2, 0.25) is 5.91 Å². The standard InChI is InChI=1S/C52H102NO11P/c1-4-7-10-13-16-19-20-21-22-23-24-25-28-30-33-36-39-44(38-35-32-29-26-17-14-11-8-5-2)41-48(57)63-51-49(52(58)62-46(43-54)50(51)64-65(59,60)61)53-47(56)42-45(55)40-37-34-31-27-18-15-12-9-6-3/h44-46,49-52,54-55,58H,4-43H2,1-3H3,(H,53,56)(H2,59,60,61)/t44-,45+,46+,49-,50+,51+,52-/m0/s1. The van der Waals surface area contributed by atoms with Gasteiger partial charge in [-0.2, -0.15) is 0 Å². The fraction of sp³-hybridized carbons (Fsp3) is 0.962. The van der Waals surface area contributed by atoms with E-state index in [0.29, 0.717) is 6.42 Å². The molecule has 1 heterocycles. The maximum atomic E-state index is 13.8. The molecule has 386 valence electrons. The summed E-state index contributed by atoms with van der Waals surface area (Å²) in [6.45, 7) is 5.89. The number of phosphoric ester groups is 1. The predicted octanol–water partition coefficient (Wildman–Crippen LogP) is 12.8. The molecule has 0 saturated carbocycles. The molecule has 1 fully saturated rings. The number of carbonyl (C=O) groups is 2. The van der Waals surface area contributed by atoms with Crippen LogP contribution in [-0.2, 0) is 28.2 Å². The number of aliphatic hydroxyl groups is 3. The van der Waals surface area contributed by atoms with Crippen LogP contribution in [0.4, 0.5) is 0 Å². The van der Waals surface area contributed by atoms with Crippen molar-refractivity contribution in [2.24, 2.45) is 5.92 Å². The number of amides is 1. The molecule has 65 heavy (non-hydrogen) atoms. The Morgan fingerprint density at radius 1 is 0.554 bits per heavy atom. The van der Waals surface area contributed by atoms with E-state index < -0.39 is 63.1 Å². The fourth-order valence-corrected chi connectivity index (χ4v) is 9.98. The molecule has 1 amide bonds. The lowest BCUT2D eigenvalue weighted by molar-refractivity contribution is -0.256. The summed E-state index contributed by atoms with van der Waals surface area (Å²) < 4.78 is 28.6. The number of nitrogens with one attached hydrogen (secondary N) is 1. The van der Waals surface area contributed by atoms with E-state index in [2.05, 4.69) is 26.1 Å². The van der Waals surface area contributed by atoms with Crippen LogP contribution < -0.4 is 5.32 Å². The first-order valence-electron chi connectivity index (χ1n) is 27.3. The Bertz CT molecular complexity index is 1160. The number of hydrogen-bond acceptors (Lipinski definition) is 9. The summed E-state index contributed by atoms with van der Waals surface area (Å²) in [7, 11) is -5.22. The van der Waals surface area contributed by atoms with Crippen molar-refractivity contribution in [3.05, 3.63) is 0 Å². The molecule has 0 aliphatic carbocycles. The normalized spacial score (nSPS) is 19.9. The Kier molecular flexibility index (Phi) is 39.8. The molecule has 1 rings (SSSR count). The van der Waals surface area contributed by atoms with Crippen LogP contribution in [0.2, 0.25) is 0 Å². The minimum absolute atomic E-state index is 0.0301. The third kappa shape index (κ3) is 34.8. The molecule has 7 atom stereocenters. The minimum Gasteiger partial charge on any atom is -0.457 e. The van der Waals surface area contributed by atoms with E-state index in [9.17, 15) is 39.3 Å². The smallest absolute Gasteiger partial charge is 0.457 e.